The van der Waals surface area contributed by atoms with Crippen LogP contribution in [0.1, 0.15) is 36.7 Å². The molecule has 0 bridgehead atoms. The van der Waals surface area contributed by atoms with Crippen LogP contribution in [0.5, 0.6) is 0 Å². The molecule has 1 aliphatic heterocycles. The monoisotopic (exact) mass is 243 g/mol. The van der Waals surface area contributed by atoms with Crippen LogP contribution in [0, 0.1) is 0 Å². The topological polar surface area (TPSA) is 55.6 Å². The first-order chi connectivity index (χ1) is 8.66. The Balaban J connectivity index is 2.18. The summed E-state index contributed by atoms with van der Waals surface area (Å²) in [5.74, 6) is 1.96. The molecule has 0 radical (unpaired) electrons. The van der Waals surface area contributed by atoms with Gasteiger partial charge in [-0.25, -0.2) is 15.0 Å². The number of hydrogen-bond donors (Lipinski definition) is 1. The fraction of sp³-hybridized carbons (Fsp3) is 0.462. The van der Waals surface area contributed by atoms with Crippen LogP contribution in [-0.2, 0) is 20.1 Å². The van der Waals surface area contributed by atoms with Crippen molar-refractivity contribution in [2.24, 2.45) is 7.05 Å². The lowest BCUT2D eigenvalue weighted by Gasteiger charge is -2.12. The highest BCUT2D eigenvalue weighted by Gasteiger charge is 2.22. The fourth-order valence-corrected chi connectivity index (χ4v) is 2.35. The van der Waals surface area contributed by atoms with E-state index in [0.29, 0.717) is 5.92 Å². The molecule has 0 saturated carbocycles. The molecule has 0 aromatic carbocycles. The smallest absolute Gasteiger partial charge is 0.196 e. The second kappa shape index (κ2) is 4.17. The van der Waals surface area contributed by atoms with Gasteiger partial charge in [0.05, 0.1) is 11.4 Å². The lowest BCUT2D eigenvalue weighted by Crippen LogP contribution is -2.07. The molecule has 5 nitrogen and oxygen atoms in total. The number of fused-ring (bicyclic) bond motifs is 1. The van der Waals surface area contributed by atoms with Gasteiger partial charge in [-0.05, 0) is 5.92 Å². The van der Waals surface area contributed by atoms with E-state index in [2.05, 4.69) is 29.1 Å². The molecule has 1 N–H and O–H groups in total. The van der Waals surface area contributed by atoms with E-state index < -0.39 is 0 Å². The summed E-state index contributed by atoms with van der Waals surface area (Å²) in [6.45, 7) is 6.05. The van der Waals surface area contributed by atoms with E-state index >= 15 is 0 Å². The Labute approximate surface area is 106 Å². The number of nitrogens with one attached hydrogen (secondary N) is 1. The predicted molar refractivity (Wildman–Crippen MR) is 68.9 cm³/mol. The molecule has 5 heteroatoms. The summed E-state index contributed by atoms with van der Waals surface area (Å²) in [5, 5.41) is 3.34. The van der Waals surface area contributed by atoms with Gasteiger partial charge in [0.15, 0.2) is 11.6 Å². The average Bonchev–Trinajstić information content (AvgIpc) is 2.95. The Morgan fingerprint density at radius 2 is 2.11 bits per heavy atom. The molecule has 0 unspecified atom stereocenters. The SMILES string of the molecule is CC(C)c1nc(-c2nccn2C)nc2c1CNC2. The molecule has 3 heterocycles. The van der Waals surface area contributed by atoms with Gasteiger partial charge in [0.1, 0.15) is 0 Å². The van der Waals surface area contributed by atoms with Crippen LogP contribution < -0.4 is 5.32 Å². The zero-order valence-corrected chi connectivity index (χ0v) is 10.9. The van der Waals surface area contributed by atoms with E-state index in [9.17, 15) is 0 Å². The van der Waals surface area contributed by atoms with Crippen LogP contribution in [-0.4, -0.2) is 19.5 Å². The molecule has 0 atom stereocenters. The van der Waals surface area contributed by atoms with Gasteiger partial charge >= 0.3 is 0 Å². The van der Waals surface area contributed by atoms with Crippen LogP contribution in [0.25, 0.3) is 11.6 Å². The van der Waals surface area contributed by atoms with Crippen LogP contribution >= 0.6 is 0 Å². The van der Waals surface area contributed by atoms with Gasteiger partial charge in [-0.1, -0.05) is 13.8 Å². The Kier molecular flexibility index (Phi) is 2.63. The highest BCUT2D eigenvalue weighted by atomic mass is 15.1. The maximum atomic E-state index is 4.71. The molecule has 2 aromatic rings. The number of hydrogen-bond acceptors (Lipinski definition) is 4. The second-order valence-corrected chi connectivity index (χ2v) is 4.98. The van der Waals surface area contributed by atoms with Crippen LogP contribution in [0.2, 0.25) is 0 Å². The highest BCUT2D eigenvalue weighted by molar-refractivity contribution is 5.47. The van der Waals surface area contributed by atoms with Gasteiger partial charge in [0.2, 0.25) is 0 Å². The number of imidazole rings is 1. The highest BCUT2D eigenvalue weighted by Crippen LogP contribution is 2.26. The average molecular weight is 243 g/mol. The lowest BCUT2D eigenvalue weighted by atomic mass is 10.0. The molecule has 2 aromatic heterocycles. The molecule has 18 heavy (non-hydrogen) atoms. The Morgan fingerprint density at radius 3 is 2.78 bits per heavy atom. The molecular formula is C13H17N5. The molecule has 1 aliphatic rings. The quantitative estimate of drug-likeness (QED) is 0.870. The number of aromatic nitrogens is 4. The Bertz CT molecular complexity index is 585. The first-order valence-electron chi connectivity index (χ1n) is 6.25. The zero-order valence-electron chi connectivity index (χ0n) is 10.9. The Hall–Kier alpha value is -1.75. The summed E-state index contributed by atoms with van der Waals surface area (Å²) in [5.41, 5.74) is 3.53. The molecule has 3 rings (SSSR count). The van der Waals surface area contributed by atoms with Gasteiger partial charge in [-0.15, -0.1) is 0 Å². The van der Waals surface area contributed by atoms with E-state index in [1.807, 2.05) is 17.8 Å². The molecule has 0 aliphatic carbocycles. The normalized spacial score (nSPS) is 14.2. The molecule has 0 saturated heterocycles. The van der Waals surface area contributed by atoms with Crippen molar-refractivity contribution in [2.45, 2.75) is 32.9 Å². The Morgan fingerprint density at radius 1 is 1.28 bits per heavy atom. The molecular weight excluding hydrogens is 226 g/mol. The van der Waals surface area contributed by atoms with Gasteiger partial charge in [0, 0.05) is 38.1 Å². The first kappa shape index (κ1) is 11.3. The standard InChI is InChI=1S/C13H17N5/c1-8(2)11-9-6-14-7-10(9)16-12(17-11)13-15-4-5-18(13)3/h4-5,8,14H,6-7H2,1-3H3. The third-order valence-corrected chi connectivity index (χ3v) is 3.29. The molecule has 0 fully saturated rings. The molecule has 0 spiro atoms. The van der Waals surface area contributed by atoms with E-state index in [1.54, 1.807) is 6.20 Å². The van der Waals surface area contributed by atoms with Crippen LogP contribution in [0.15, 0.2) is 12.4 Å². The van der Waals surface area contributed by atoms with Crippen molar-refractivity contribution in [3.8, 4) is 11.6 Å². The minimum absolute atomic E-state index is 0.403. The van der Waals surface area contributed by atoms with E-state index in [1.165, 1.54) is 5.56 Å². The van der Waals surface area contributed by atoms with Crippen LogP contribution in [0.4, 0.5) is 0 Å². The third kappa shape index (κ3) is 1.71. The maximum absolute atomic E-state index is 4.71. The molecule has 94 valence electrons. The van der Waals surface area contributed by atoms with Crippen molar-refractivity contribution < 1.29 is 0 Å². The number of rotatable bonds is 2. The van der Waals surface area contributed by atoms with Crippen molar-refractivity contribution in [3.05, 3.63) is 29.3 Å². The second-order valence-electron chi connectivity index (χ2n) is 4.98. The maximum Gasteiger partial charge on any atom is 0.196 e. The summed E-state index contributed by atoms with van der Waals surface area (Å²) in [6, 6.07) is 0. The minimum atomic E-state index is 0.403. The zero-order chi connectivity index (χ0) is 12.7. The van der Waals surface area contributed by atoms with E-state index in [4.69, 9.17) is 4.98 Å². The van der Waals surface area contributed by atoms with Gasteiger partial charge in [-0.2, -0.15) is 0 Å². The lowest BCUT2D eigenvalue weighted by molar-refractivity contribution is 0.746. The van der Waals surface area contributed by atoms with Gasteiger partial charge < -0.3 is 9.88 Å². The summed E-state index contributed by atoms with van der Waals surface area (Å²) >= 11 is 0. The van der Waals surface area contributed by atoms with Crippen LogP contribution in [0.3, 0.4) is 0 Å². The fourth-order valence-electron chi connectivity index (χ4n) is 2.35. The van der Waals surface area contributed by atoms with E-state index in [0.717, 1.165) is 36.1 Å². The summed E-state index contributed by atoms with van der Waals surface area (Å²) in [6.07, 6.45) is 3.69. The van der Waals surface area contributed by atoms with Crippen molar-refractivity contribution in [3.63, 3.8) is 0 Å². The number of aryl methyl sites for hydroxylation is 1. The minimum Gasteiger partial charge on any atom is -0.331 e. The largest absolute Gasteiger partial charge is 0.331 e. The van der Waals surface area contributed by atoms with Crippen molar-refractivity contribution in [2.75, 3.05) is 0 Å². The number of nitrogens with zero attached hydrogens (tertiary/aromatic N) is 4. The van der Waals surface area contributed by atoms with Gasteiger partial charge in [-0.3, -0.25) is 0 Å². The van der Waals surface area contributed by atoms with Gasteiger partial charge in [0.25, 0.3) is 0 Å². The summed E-state index contributed by atoms with van der Waals surface area (Å²) in [7, 11) is 1.96. The first-order valence-corrected chi connectivity index (χ1v) is 6.25. The van der Waals surface area contributed by atoms with E-state index in [-0.39, 0.29) is 0 Å². The summed E-state index contributed by atoms with van der Waals surface area (Å²) < 4.78 is 1.95. The van der Waals surface area contributed by atoms with Crippen molar-refractivity contribution in [1.29, 1.82) is 0 Å². The third-order valence-electron chi connectivity index (χ3n) is 3.29. The van der Waals surface area contributed by atoms with Crippen molar-refractivity contribution >= 4 is 0 Å². The van der Waals surface area contributed by atoms with Crippen molar-refractivity contribution in [1.82, 2.24) is 24.8 Å². The molecule has 0 amide bonds. The summed E-state index contributed by atoms with van der Waals surface area (Å²) in [4.78, 5) is 13.7. The predicted octanol–water partition coefficient (Wildman–Crippen LogP) is 1.60.